The Labute approximate surface area is 128 Å². The number of hydrogen-bond donors (Lipinski definition) is 2. The summed E-state index contributed by atoms with van der Waals surface area (Å²) < 4.78 is 0. The number of rotatable bonds is 0. The van der Waals surface area contributed by atoms with Crippen molar-refractivity contribution in [2.75, 3.05) is 0 Å². The second-order valence-electron chi connectivity index (χ2n) is 8.86. The summed E-state index contributed by atoms with van der Waals surface area (Å²) in [7, 11) is 0. The molecule has 2 unspecified atom stereocenters. The molecule has 0 aromatic rings. The van der Waals surface area contributed by atoms with Crippen LogP contribution in [0.1, 0.15) is 65.2 Å². The van der Waals surface area contributed by atoms with E-state index in [1.54, 1.807) is 0 Å². The Balaban J connectivity index is 1.72. The lowest BCUT2D eigenvalue weighted by atomic mass is 9.47. The van der Waals surface area contributed by atoms with Crippen molar-refractivity contribution in [2.45, 2.75) is 77.4 Å². The van der Waals surface area contributed by atoms with Gasteiger partial charge in [0.05, 0.1) is 12.2 Å². The summed E-state index contributed by atoms with van der Waals surface area (Å²) in [4.78, 5) is 0. The minimum absolute atomic E-state index is 0.144. The molecule has 0 spiro atoms. The molecule has 4 aliphatic rings. The number of aliphatic hydroxyl groups is 2. The quantitative estimate of drug-likeness (QED) is 0.668. The summed E-state index contributed by atoms with van der Waals surface area (Å²) in [5.74, 6) is 2.27. The molecular formula is C19H30O2. The van der Waals surface area contributed by atoms with Gasteiger partial charge in [-0.3, -0.25) is 0 Å². The predicted octanol–water partition coefficient (Wildman–Crippen LogP) is 3.67. The van der Waals surface area contributed by atoms with E-state index in [9.17, 15) is 10.2 Å². The summed E-state index contributed by atoms with van der Waals surface area (Å²) in [6.07, 6.45) is 11.1. The van der Waals surface area contributed by atoms with E-state index in [1.807, 2.05) is 6.08 Å². The third-order valence-corrected chi connectivity index (χ3v) is 7.88. The molecule has 0 heterocycles. The lowest BCUT2D eigenvalue weighted by Gasteiger charge is -2.58. The van der Waals surface area contributed by atoms with Gasteiger partial charge in [-0.25, -0.2) is 0 Å². The van der Waals surface area contributed by atoms with Crippen LogP contribution in [0.25, 0.3) is 0 Å². The lowest BCUT2D eigenvalue weighted by molar-refractivity contribution is -0.0722. The van der Waals surface area contributed by atoms with E-state index in [0.717, 1.165) is 31.1 Å². The molecule has 3 saturated carbocycles. The average Bonchev–Trinajstić information content (AvgIpc) is 2.83. The molecule has 7 atom stereocenters. The van der Waals surface area contributed by atoms with Crippen LogP contribution in [0.2, 0.25) is 0 Å². The molecule has 4 aliphatic carbocycles. The van der Waals surface area contributed by atoms with E-state index in [1.165, 1.54) is 37.7 Å². The van der Waals surface area contributed by atoms with Crippen molar-refractivity contribution in [3.05, 3.63) is 11.6 Å². The van der Waals surface area contributed by atoms with Crippen LogP contribution in [-0.4, -0.2) is 22.4 Å². The highest BCUT2D eigenvalue weighted by Gasteiger charge is 2.57. The first-order valence-corrected chi connectivity index (χ1v) is 9.02. The van der Waals surface area contributed by atoms with Crippen molar-refractivity contribution in [3.8, 4) is 0 Å². The van der Waals surface area contributed by atoms with Crippen molar-refractivity contribution in [2.24, 2.45) is 28.6 Å². The van der Waals surface area contributed by atoms with Crippen LogP contribution in [0, 0.1) is 28.6 Å². The normalized spacial score (nSPS) is 56.2. The summed E-state index contributed by atoms with van der Waals surface area (Å²) in [5, 5.41) is 20.7. The molecule has 0 amide bonds. The Hall–Kier alpha value is -0.340. The zero-order valence-corrected chi connectivity index (χ0v) is 13.5. The van der Waals surface area contributed by atoms with Gasteiger partial charge in [0.15, 0.2) is 0 Å². The molecule has 0 saturated heterocycles. The summed E-state index contributed by atoms with van der Waals surface area (Å²) in [5.41, 5.74) is 1.86. The zero-order chi connectivity index (χ0) is 14.8. The number of fused-ring (bicyclic) bond motifs is 5. The van der Waals surface area contributed by atoms with Gasteiger partial charge in [0, 0.05) is 0 Å². The van der Waals surface area contributed by atoms with Gasteiger partial charge in [0.25, 0.3) is 0 Å². The minimum atomic E-state index is -0.334. The van der Waals surface area contributed by atoms with Gasteiger partial charge in [0.2, 0.25) is 0 Å². The molecule has 21 heavy (non-hydrogen) atoms. The smallest absolute Gasteiger partial charge is 0.0759 e. The molecule has 0 aromatic carbocycles. The molecule has 118 valence electrons. The fraction of sp³-hybridized carbons (Fsp3) is 0.895. The second-order valence-corrected chi connectivity index (χ2v) is 8.86. The van der Waals surface area contributed by atoms with E-state index >= 15 is 0 Å². The number of hydrogen-bond acceptors (Lipinski definition) is 2. The van der Waals surface area contributed by atoms with Crippen LogP contribution >= 0.6 is 0 Å². The molecule has 0 aromatic heterocycles. The maximum Gasteiger partial charge on any atom is 0.0759 e. The maximum atomic E-state index is 10.8. The lowest BCUT2D eigenvalue weighted by Crippen LogP contribution is -2.53. The highest BCUT2D eigenvalue weighted by molar-refractivity contribution is 5.28. The largest absolute Gasteiger partial charge is 0.389 e. The van der Waals surface area contributed by atoms with Crippen LogP contribution in [0.5, 0.6) is 0 Å². The maximum absolute atomic E-state index is 10.8. The summed E-state index contributed by atoms with van der Waals surface area (Å²) >= 11 is 0. The van der Waals surface area contributed by atoms with Crippen LogP contribution in [0.4, 0.5) is 0 Å². The monoisotopic (exact) mass is 290 g/mol. The Bertz CT molecular complexity index is 470. The van der Waals surface area contributed by atoms with Gasteiger partial charge < -0.3 is 10.2 Å². The predicted molar refractivity (Wildman–Crippen MR) is 83.7 cm³/mol. The van der Waals surface area contributed by atoms with E-state index < -0.39 is 0 Å². The van der Waals surface area contributed by atoms with Crippen molar-refractivity contribution in [1.82, 2.24) is 0 Å². The fourth-order valence-corrected chi connectivity index (χ4v) is 6.75. The molecule has 2 heteroatoms. The second kappa shape index (κ2) is 4.58. The Morgan fingerprint density at radius 1 is 1.00 bits per heavy atom. The molecule has 2 N–H and O–H groups in total. The molecule has 0 aliphatic heterocycles. The third kappa shape index (κ3) is 1.91. The van der Waals surface area contributed by atoms with Crippen molar-refractivity contribution >= 4 is 0 Å². The van der Waals surface area contributed by atoms with E-state index in [4.69, 9.17) is 0 Å². The molecule has 0 radical (unpaired) electrons. The Morgan fingerprint density at radius 3 is 2.62 bits per heavy atom. The van der Waals surface area contributed by atoms with E-state index in [2.05, 4.69) is 13.8 Å². The molecule has 4 rings (SSSR count). The van der Waals surface area contributed by atoms with Gasteiger partial charge in [-0.15, -0.1) is 0 Å². The zero-order valence-electron chi connectivity index (χ0n) is 13.5. The highest BCUT2D eigenvalue weighted by Crippen LogP contribution is 2.65. The van der Waals surface area contributed by atoms with Gasteiger partial charge in [-0.2, -0.15) is 0 Å². The molecular weight excluding hydrogens is 260 g/mol. The SMILES string of the molecule is C[C@@]12CCC[C@H]1[C@@H]1CC(O)C3=CC(O)CC[C@]3(C)[C@H]1CC2. The van der Waals surface area contributed by atoms with Crippen molar-refractivity contribution in [3.63, 3.8) is 0 Å². The van der Waals surface area contributed by atoms with Gasteiger partial charge >= 0.3 is 0 Å². The summed E-state index contributed by atoms with van der Waals surface area (Å²) in [6.45, 7) is 4.88. The van der Waals surface area contributed by atoms with Crippen LogP contribution in [-0.2, 0) is 0 Å². The van der Waals surface area contributed by atoms with E-state index in [-0.39, 0.29) is 17.6 Å². The van der Waals surface area contributed by atoms with Crippen LogP contribution in [0.3, 0.4) is 0 Å². The average molecular weight is 290 g/mol. The van der Waals surface area contributed by atoms with Crippen LogP contribution < -0.4 is 0 Å². The Morgan fingerprint density at radius 2 is 1.81 bits per heavy atom. The van der Waals surface area contributed by atoms with Gasteiger partial charge in [-0.05, 0) is 79.1 Å². The number of aliphatic hydroxyl groups excluding tert-OH is 2. The first-order chi connectivity index (χ1) is 9.94. The Kier molecular flexibility index (Phi) is 3.11. The summed E-state index contributed by atoms with van der Waals surface area (Å²) in [6, 6.07) is 0. The molecule has 3 fully saturated rings. The fourth-order valence-electron chi connectivity index (χ4n) is 6.75. The molecule has 0 bridgehead atoms. The first kappa shape index (κ1) is 14.3. The van der Waals surface area contributed by atoms with Crippen molar-refractivity contribution in [1.29, 1.82) is 0 Å². The van der Waals surface area contributed by atoms with Crippen molar-refractivity contribution < 1.29 is 10.2 Å². The van der Waals surface area contributed by atoms with Crippen LogP contribution in [0.15, 0.2) is 11.6 Å². The molecule has 2 nitrogen and oxygen atoms in total. The first-order valence-electron chi connectivity index (χ1n) is 9.02. The highest BCUT2D eigenvalue weighted by atomic mass is 16.3. The van der Waals surface area contributed by atoms with E-state index in [0.29, 0.717) is 11.3 Å². The standard InChI is InChI=1S/C19H30O2/c1-18-7-3-4-14(18)13-11-17(21)16-10-12(20)5-9-19(16,2)15(13)6-8-18/h10,12-15,17,20-21H,3-9,11H2,1-2H3/t12?,13-,14-,15-,17?,18-,19+/m0/s1. The van der Waals surface area contributed by atoms with Gasteiger partial charge in [-0.1, -0.05) is 26.3 Å². The minimum Gasteiger partial charge on any atom is -0.389 e. The van der Waals surface area contributed by atoms with Gasteiger partial charge in [0.1, 0.15) is 0 Å². The topological polar surface area (TPSA) is 40.5 Å². The third-order valence-electron chi connectivity index (χ3n) is 7.88.